The summed E-state index contributed by atoms with van der Waals surface area (Å²) in [5.41, 5.74) is -0.384. The van der Waals surface area contributed by atoms with Crippen molar-refractivity contribution in [2.45, 2.75) is 50.8 Å². The van der Waals surface area contributed by atoms with E-state index >= 15 is 0 Å². The van der Waals surface area contributed by atoms with Crippen LogP contribution in [0.4, 0.5) is 0 Å². The minimum Gasteiger partial charge on any atom is -0.387 e. The molecule has 3 heterocycles. The van der Waals surface area contributed by atoms with Crippen LogP contribution < -0.4 is 0 Å². The predicted molar refractivity (Wildman–Crippen MR) is 65.9 cm³/mol. The van der Waals surface area contributed by atoms with Crippen LogP contribution in [0.1, 0.15) is 37.3 Å². The molecule has 1 N–H and O–H groups in total. The topological polar surface area (TPSA) is 54.2 Å². The summed E-state index contributed by atoms with van der Waals surface area (Å²) >= 11 is 0. The molecule has 1 saturated heterocycles. The zero-order chi connectivity index (χ0) is 12.2. The molecule has 5 heteroatoms. The highest BCUT2D eigenvalue weighted by atomic mass is 16.3. The fraction of sp³-hybridized carbons (Fsp3) is 0.846. The first-order chi connectivity index (χ1) is 8.74. The van der Waals surface area contributed by atoms with Gasteiger partial charge in [0, 0.05) is 26.1 Å². The van der Waals surface area contributed by atoms with Crippen molar-refractivity contribution in [1.82, 2.24) is 19.7 Å². The maximum atomic E-state index is 10.3. The van der Waals surface area contributed by atoms with Gasteiger partial charge in [0.05, 0.1) is 12.1 Å². The van der Waals surface area contributed by atoms with Crippen molar-refractivity contribution in [1.29, 1.82) is 0 Å². The van der Waals surface area contributed by atoms with Crippen molar-refractivity contribution in [2.75, 3.05) is 13.1 Å². The van der Waals surface area contributed by atoms with Gasteiger partial charge in [-0.3, -0.25) is 4.90 Å². The standard InChI is InChI=1S/C13H20N4O/c18-13(10-4-5-10)8-16(9-13)7-12-15-14-11-3-1-2-6-17(11)12/h10,18H,1-9H2. The summed E-state index contributed by atoms with van der Waals surface area (Å²) < 4.78 is 2.28. The van der Waals surface area contributed by atoms with E-state index < -0.39 is 0 Å². The molecule has 5 nitrogen and oxygen atoms in total. The Bertz CT molecular complexity index is 460. The second kappa shape index (κ2) is 3.78. The van der Waals surface area contributed by atoms with Crippen LogP contribution in [0.25, 0.3) is 0 Å². The lowest BCUT2D eigenvalue weighted by atomic mass is 9.89. The molecule has 0 unspecified atom stereocenters. The number of fused-ring (bicyclic) bond motifs is 1. The van der Waals surface area contributed by atoms with Gasteiger partial charge < -0.3 is 9.67 Å². The van der Waals surface area contributed by atoms with E-state index in [9.17, 15) is 5.11 Å². The zero-order valence-electron chi connectivity index (χ0n) is 10.7. The quantitative estimate of drug-likeness (QED) is 0.850. The minimum absolute atomic E-state index is 0.384. The van der Waals surface area contributed by atoms with Gasteiger partial charge in [-0.25, -0.2) is 0 Å². The molecule has 18 heavy (non-hydrogen) atoms. The van der Waals surface area contributed by atoms with Crippen LogP contribution in [0.5, 0.6) is 0 Å². The average molecular weight is 248 g/mol. The molecule has 0 amide bonds. The molecule has 2 aliphatic heterocycles. The number of rotatable bonds is 3. The van der Waals surface area contributed by atoms with Crippen LogP contribution in [0.3, 0.4) is 0 Å². The molecule has 3 aliphatic rings. The van der Waals surface area contributed by atoms with Crippen molar-refractivity contribution < 1.29 is 5.11 Å². The molecule has 0 bridgehead atoms. The molecule has 1 aromatic heterocycles. The third-order valence-electron chi connectivity index (χ3n) is 4.63. The summed E-state index contributed by atoms with van der Waals surface area (Å²) in [5, 5.41) is 18.9. The van der Waals surface area contributed by atoms with E-state index in [4.69, 9.17) is 0 Å². The highest BCUT2D eigenvalue weighted by Gasteiger charge is 2.51. The summed E-state index contributed by atoms with van der Waals surface area (Å²) in [7, 11) is 0. The van der Waals surface area contributed by atoms with E-state index in [0.717, 1.165) is 44.2 Å². The van der Waals surface area contributed by atoms with Gasteiger partial charge in [-0.2, -0.15) is 0 Å². The van der Waals surface area contributed by atoms with Gasteiger partial charge in [0.2, 0.25) is 0 Å². The monoisotopic (exact) mass is 248 g/mol. The van der Waals surface area contributed by atoms with Crippen molar-refractivity contribution >= 4 is 0 Å². The normalized spacial score (nSPS) is 26.7. The Balaban J connectivity index is 1.42. The van der Waals surface area contributed by atoms with Gasteiger partial charge in [-0.15, -0.1) is 10.2 Å². The van der Waals surface area contributed by atoms with Crippen LogP contribution >= 0.6 is 0 Å². The molecule has 4 rings (SSSR count). The molecule has 98 valence electrons. The summed E-state index contributed by atoms with van der Waals surface area (Å²) in [6, 6.07) is 0. The Labute approximate surface area is 107 Å². The van der Waals surface area contributed by atoms with E-state index in [1.807, 2.05) is 0 Å². The maximum absolute atomic E-state index is 10.3. The fourth-order valence-electron chi connectivity index (χ4n) is 3.40. The Kier molecular flexibility index (Phi) is 2.29. The Morgan fingerprint density at radius 3 is 2.83 bits per heavy atom. The van der Waals surface area contributed by atoms with E-state index in [1.54, 1.807) is 0 Å². The van der Waals surface area contributed by atoms with Crippen LogP contribution in [0, 0.1) is 5.92 Å². The Hall–Kier alpha value is -0.940. The molecule has 1 aromatic rings. The second-order valence-electron chi connectivity index (χ2n) is 6.16. The summed E-state index contributed by atoms with van der Waals surface area (Å²) in [6.45, 7) is 3.56. The minimum atomic E-state index is -0.384. The predicted octanol–water partition coefficient (Wildman–Crippen LogP) is 0.571. The van der Waals surface area contributed by atoms with Gasteiger partial charge in [0.1, 0.15) is 11.6 Å². The van der Waals surface area contributed by atoms with Crippen LogP contribution in [0.2, 0.25) is 0 Å². The smallest absolute Gasteiger partial charge is 0.147 e. The van der Waals surface area contributed by atoms with Gasteiger partial charge in [-0.1, -0.05) is 0 Å². The maximum Gasteiger partial charge on any atom is 0.147 e. The van der Waals surface area contributed by atoms with Gasteiger partial charge in [0.15, 0.2) is 0 Å². The average Bonchev–Trinajstić information content (AvgIpc) is 3.11. The van der Waals surface area contributed by atoms with Crippen molar-refractivity contribution in [3.8, 4) is 0 Å². The number of β-amino-alcohol motifs (C(OH)–C–C–N with tert-alkyl or cyclic N) is 1. The third-order valence-corrected chi connectivity index (χ3v) is 4.63. The lowest BCUT2D eigenvalue weighted by molar-refractivity contribution is -0.117. The zero-order valence-corrected chi connectivity index (χ0v) is 10.7. The van der Waals surface area contributed by atoms with E-state index in [1.165, 1.54) is 25.7 Å². The van der Waals surface area contributed by atoms with E-state index in [0.29, 0.717) is 5.92 Å². The lowest BCUT2D eigenvalue weighted by Gasteiger charge is -2.46. The third kappa shape index (κ3) is 1.68. The lowest BCUT2D eigenvalue weighted by Crippen LogP contribution is -2.62. The summed E-state index contributed by atoms with van der Waals surface area (Å²) in [6.07, 6.45) is 5.97. The van der Waals surface area contributed by atoms with Gasteiger partial charge in [0.25, 0.3) is 0 Å². The summed E-state index contributed by atoms with van der Waals surface area (Å²) in [5.74, 6) is 2.80. The molecule has 0 spiro atoms. The number of likely N-dealkylation sites (tertiary alicyclic amines) is 1. The molecular weight excluding hydrogens is 228 g/mol. The van der Waals surface area contributed by atoms with Crippen molar-refractivity contribution in [2.24, 2.45) is 5.92 Å². The molecule has 1 aliphatic carbocycles. The Morgan fingerprint density at radius 2 is 2.06 bits per heavy atom. The van der Waals surface area contributed by atoms with E-state index in [-0.39, 0.29) is 5.60 Å². The number of aliphatic hydroxyl groups is 1. The first-order valence-corrected chi connectivity index (χ1v) is 7.10. The highest BCUT2D eigenvalue weighted by Crippen LogP contribution is 2.44. The number of nitrogens with zero attached hydrogens (tertiary/aromatic N) is 4. The van der Waals surface area contributed by atoms with Gasteiger partial charge >= 0.3 is 0 Å². The highest BCUT2D eigenvalue weighted by molar-refractivity contribution is 5.07. The van der Waals surface area contributed by atoms with Crippen molar-refractivity contribution in [3.63, 3.8) is 0 Å². The van der Waals surface area contributed by atoms with Crippen LogP contribution in [0.15, 0.2) is 0 Å². The molecular formula is C13H20N4O. The molecule has 1 saturated carbocycles. The molecule has 0 aromatic carbocycles. The van der Waals surface area contributed by atoms with Crippen LogP contribution in [-0.4, -0.2) is 43.5 Å². The van der Waals surface area contributed by atoms with Crippen LogP contribution in [-0.2, 0) is 19.5 Å². The summed E-state index contributed by atoms with van der Waals surface area (Å²) in [4.78, 5) is 2.30. The number of aromatic nitrogens is 3. The van der Waals surface area contributed by atoms with Crippen molar-refractivity contribution in [3.05, 3.63) is 11.6 Å². The second-order valence-corrected chi connectivity index (χ2v) is 6.16. The Morgan fingerprint density at radius 1 is 1.22 bits per heavy atom. The number of aryl methyl sites for hydroxylation is 1. The number of hydrogen-bond acceptors (Lipinski definition) is 4. The molecule has 0 radical (unpaired) electrons. The number of hydrogen-bond donors (Lipinski definition) is 1. The molecule has 2 fully saturated rings. The first-order valence-electron chi connectivity index (χ1n) is 7.10. The van der Waals surface area contributed by atoms with Gasteiger partial charge in [-0.05, 0) is 31.6 Å². The molecule has 0 atom stereocenters. The first kappa shape index (κ1) is 10.9. The SMILES string of the molecule is OC1(C2CC2)CN(Cc2nnc3n2CCCC3)C1. The largest absolute Gasteiger partial charge is 0.387 e. The van der Waals surface area contributed by atoms with E-state index in [2.05, 4.69) is 19.7 Å². The fourth-order valence-corrected chi connectivity index (χ4v) is 3.40.